The molecule has 1 aliphatic rings. The monoisotopic (exact) mass is 385 g/mol. The minimum Gasteiger partial charge on any atom is -0.336 e. The zero-order valence-electron chi connectivity index (χ0n) is 15.8. The molecule has 8 heteroatoms. The van der Waals surface area contributed by atoms with Crippen molar-refractivity contribution in [1.82, 2.24) is 24.4 Å². The zero-order valence-corrected chi connectivity index (χ0v) is 15.8. The minimum absolute atomic E-state index is 0.107. The number of nitrogens with zero attached hydrogens (tertiary/aromatic N) is 5. The van der Waals surface area contributed by atoms with Crippen molar-refractivity contribution in [3.8, 4) is 0 Å². The molecule has 1 amide bonds. The fourth-order valence-electron chi connectivity index (χ4n) is 3.61. The van der Waals surface area contributed by atoms with Crippen molar-refractivity contribution in [1.29, 1.82) is 0 Å². The second kappa shape index (κ2) is 7.27. The molecule has 0 bridgehead atoms. The molecule has 0 saturated carbocycles. The molecular weight excluding hydrogens is 364 g/mol. The van der Waals surface area contributed by atoms with Crippen LogP contribution in [0.25, 0.3) is 5.65 Å². The number of fused-ring (bicyclic) bond motifs is 1. The van der Waals surface area contributed by atoms with Crippen LogP contribution in [0.3, 0.4) is 0 Å². The fraction of sp³-hybridized carbons (Fsp3) is 0.350. The SMILES string of the molecule is Cc1cc(C)n2ncc(C(=O)N3CCN(Cc4cccc(F)c4F)CC3)c2n1. The lowest BCUT2D eigenvalue weighted by Crippen LogP contribution is -2.48. The highest BCUT2D eigenvalue weighted by atomic mass is 19.2. The third-order valence-electron chi connectivity index (χ3n) is 5.09. The Labute approximate surface area is 161 Å². The molecule has 3 aromatic rings. The molecule has 1 saturated heterocycles. The lowest BCUT2D eigenvalue weighted by molar-refractivity contribution is 0.0628. The van der Waals surface area contributed by atoms with E-state index in [1.807, 2.05) is 24.8 Å². The van der Waals surface area contributed by atoms with Crippen LogP contribution in [0.1, 0.15) is 27.3 Å². The molecule has 0 atom stereocenters. The summed E-state index contributed by atoms with van der Waals surface area (Å²) < 4.78 is 28.9. The minimum atomic E-state index is -0.836. The van der Waals surface area contributed by atoms with Crippen LogP contribution in [0.15, 0.2) is 30.5 Å². The van der Waals surface area contributed by atoms with Gasteiger partial charge in [0.05, 0.1) is 6.20 Å². The van der Waals surface area contributed by atoms with Crippen LogP contribution >= 0.6 is 0 Å². The average molecular weight is 385 g/mol. The van der Waals surface area contributed by atoms with Crippen LogP contribution in [-0.4, -0.2) is 56.5 Å². The van der Waals surface area contributed by atoms with Crippen molar-refractivity contribution in [2.24, 2.45) is 0 Å². The van der Waals surface area contributed by atoms with Crippen molar-refractivity contribution >= 4 is 11.6 Å². The summed E-state index contributed by atoms with van der Waals surface area (Å²) in [5.41, 5.74) is 3.13. The predicted octanol–water partition coefficient (Wildman–Crippen LogP) is 2.58. The van der Waals surface area contributed by atoms with Gasteiger partial charge in [0.15, 0.2) is 17.3 Å². The first-order valence-corrected chi connectivity index (χ1v) is 9.20. The Morgan fingerprint density at radius 2 is 1.89 bits per heavy atom. The van der Waals surface area contributed by atoms with E-state index in [-0.39, 0.29) is 5.91 Å². The third-order valence-corrected chi connectivity index (χ3v) is 5.09. The van der Waals surface area contributed by atoms with Crippen molar-refractivity contribution < 1.29 is 13.6 Å². The summed E-state index contributed by atoms with van der Waals surface area (Å²) in [4.78, 5) is 21.2. The van der Waals surface area contributed by atoms with E-state index in [1.165, 1.54) is 6.07 Å². The fourth-order valence-corrected chi connectivity index (χ4v) is 3.61. The summed E-state index contributed by atoms with van der Waals surface area (Å²) in [5.74, 6) is -1.74. The van der Waals surface area contributed by atoms with Gasteiger partial charge in [-0.2, -0.15) is 5.10 Å². The molecule has 0 aliphatic carbocycles. The van der Waals surface area contributed by atoms with Gasteiger partial charge in [-0.25, -0.2) is 18.3 Å². The number of carbonyl (C=O) groups is 1. The highest BCUT2D eigenvalue weighted by Crippen LogP contribution is 2.18. The third kappa shape index (κ3) is 3.35. The Balaban J connectivity index is 1.45. The summed E-state index contributed by atoms with van der Waals surface area (Å²) in [5, 5.41) is 4.28. The molecule has 6 nitrogen and oxygen atoms in total. The molecule has 1 fully saturated rings. The van der Waals surface area contributed by atoms with E-state index < -0.39 is 11.6 Å². The maximum absolute atomic E-state index is 13.9. The molecule has 0 unspecified atom stereocenters. The molecule has 1 aliphatic heterocycles. The van der Waals surface area contributed by atoms with Crippen molar-refractivity contribution in [3.05, 3.63) is 64.6 Å². The van der Waals surface area contributed by atoms with E-state index in [2.05, 4.69) is 10.1 Å². The number of halogens is 2. The van der Waals surface area contributed by atoms with Crippen molar-refractivity contribution in [2.45, 2.75) is 20.4 Å². The first kappa shape index (κ1) is 18.5. The largest absolute Gasteiger partial charge is 0.336 e. The highest BCUT2D eigenvalue weighted by Gasteiger charge is 2.26. The lowest BCUT2D eigenvalue weighted by atomic mass is 10.1. The molecule has 0 radical (unpaired) electrons. The molecule has 146 valence electrons. The molecule has 4 rings (SSSR count). The van der Waals surface area contributed by atoms with Crippen molar-refractivity contribution in [2.75, 3.05) is 26.2 Å². The first-order valence-electron chi connectivity index (χ1n) is 9.20. The quantitative estimate of drug-likeness (QED) is 0.696. The lowest BCUT2D eigenvalue weighted by Gasteiger charge is -2.34. The Bertz CT molecular complexity index is 1040. The van der Waals surface area contributed by atoms with Gasteiger partial charge in [-0.1, -0.05) is 12.1 Å². The first-order chi connectivity index (χ1) is 13.4. The van der Waals surface area contributed by atoms with Gasteiger partial charge in [0.2, 0.25) is 0 Å². The molecule has 28 heavy (non-hydrogen) atoms. The van der Waals surface area contributed by atoms with E-state index in [1.54, 1.807) is 21.7 Å². The molecule has 0 spiro atoms. The van der Waals surface area contributed by atoms with E-state index >= 15 is 0 Å². The van der Waals surface area contributed by atoms with Gasteiger partial charge in [-0.05, 0) is 26.0 Å². The maximum Gasteiger partial charge on any atom is 0.259 e. The number of piperazine rings is 1. The number of aromatic nitrogens is 3. The van der Waals surface area contributed by atoms with Crippen LogP contribution in [0, 0.1) is 25.5 Å². The van der Waals surface area contributed by atoms with Gasteiger partial charge in [-0.15, -0.1) is 0 Å². The summed E-state index contributed by atoms with van der Waals surface area (Å²) in [6.45, 7) is 6.34. The molecule has 3 heterocycles. The van der Waals surface area contributed by atoms with Gasteiger partial charge < -0.3 is 4.90 Å². The topological polar surface area (TPSA) is 53.7 Å². The van der Waals surface area contributed by atoms with Gasteiger partial charge in [0, 0.05) is 49.7 Å². The molecule has 1 aromatic carbocycles. The van der Waals surface area contributed by atoms with Crippen LogP contribution < -0.4 is 0 Å². The summed E-state index contributed by atoms with van der Waals surface area (Å²) in [7, 11) is 0. The maximum atomic E-state index is 13.9. The molecule has 0 N–H and O–H groups in total. The molecule has 2 aromatic heterocycles. The Morgan fingerprint density at radius 3 is 2.64 bits per heavy atom. The number of hydrogen-bond donors (Lipinski definition) is 0. The Hall–Kier alpha value is -2.87. The number of amides is 1. The smallest absolute Gasteiger partial charge is 0.259 e. The summed E-state index contributed by atoms with van der Waals surface area (Å²) >= 11 is 0. The van der Waals surface area contributed by atoms with Gasteiger partial charge >= 0.3 is 0 Å². The summed E-state index contributed by atoms with van der Waals surface area (Å²) in [6.07, 6.45) is 1.56. The zero-order chi connectivity index (χ0) is 19.8. The van der Waals surface area contributed by atoms with Gasteiger partial charge in [0.1, 0.15) is 5.56 Å². The van der Waals surface area contributed by atoms with Gasteiger partial charge in [-0.3, -0.25) is 9.69 Å². The number of rotatable bonds is 3. The Kier molecular flexibility index (Phi) is 4.80. The summed E-state index contributed by atoms with van der Waals surface area (Å²) in [6, 6.07) is 6.13. The predicted molar refractivity (Wildman–Crippen MR) is 100.0 cm³/mol. The Morgan fingerprint density at radius 1 is 1.14 bits per heavy atom. The van der Waals surface area contributed by atoms with Gasteiger partial charge in [0.25, 0.3) is 5.91 Å². The standard InChI is InChI=1S/C20H21F2N5O/c1-13-10-14(2)27-19(24-13)16(11-23-27)20(28)26-8-6-25(7-9-26)12-15-4-3-5-17(21)18(15)22/h3-5,10-11H,6-9,12H2,1-2H3. The second-order valence-corrected chi connectivity index (χ2v) is 7.11. The van der Waals surface area contributed by atoms with E-state index in [4.69, 9.17) is 0 Å². The van der Waals surface area contributed by atoms with Crippen LogP contribution in [0.5, 0.6) is 0 Å². The normalized spacial score (nSPS) is 15.4. The number of aryl methyl sites for hydroxylation is 2. The molecular formula is C20H21F2N5O. The van der Waals surface area contributed by atoms with Crippen LogP contribution in [0.4, 0.5) is 8.78 Å². The number of carbonyl (C=O) groups excluding carboxylic acids is 1. The van der Waals surface area contributed by atoms with Crippen LogP contribution in [0.2, 0.25) is 0 Å². The number of hydrogen-bond acceptors (Lipinski definition) is 4. The van der Waals surface area contributed by atoms with Crippen LogP contribution in [-0.2, 0) is 6.54 Å². The van der Waals surface area contributed by atoms with E-state index in [9.17, 15) is 13.6 Å². The average Bonchev–Trinajstić information content (AvgIpc) is 3.09. The van der Waals surface area contributed by atoms with E-state index in [0.29, 0.717) is 49.5 Å². The second-order valence-electron chi connectivity index (χ2n) is 7.11. The van der Waals surface area contributed by atoms with Crippen molar-refractivity contribution in [3.63, 3.8) is 0 Å². The van der Waals surface area contributed by atoms with E-state index in [0.717, 1.165) is 17.5 Å². The highest BCUT2D eigenvalue weighted by molar-refractivity contribution is 5.99. The number of benzene rings is 1.